The van der Waals surface area contributed by atoms with Crippen LogP contribution in [0.1, 0.15) is 6.92 Å². The Balaban J connectivity index is 1.72. The number of hydrogen-bond donors (Lipinski definition) is 1. The number of hydrogen-bond acceptors (Lipinski definition) is 4. The fourth-order valence-electron chi connectivity index (χ4n) is 2.72. The molecule has 1 N–H and O–H groups in total. The molecule has 1 heterocycles. The Morgan fingerprint density at radius 2 is 1.88 bits per heavy atom. The summed E-state index contributed by atoms with van der Waals surface area (Å²) in [5.41, 5.74) is 1.58. The largest absolute Gasteiger partial charge is 0.481 e. The lowest BCUT2D eigenvalue weighted by Gasteiger charge is -2.30. The number of amides is 1. The molecule has 26 heavy (non-hydrogen) atoms. The first-order valence-corrected chi connectivity index (χ1v) is 9.14. The Bertz CT molecular complexity index is 779. The Kier molecular flexibility index (Phi) is 6.25. The molecule has 1 aliphatic heterocycles. The van der Waals surface area contributed by atoms with Crippen LogP contribution in [0.5, 0.6) is 5.75 Å². The van der Waals surface area contributed by atoms with Crippen LogP contribution in [0.25, 0.3) is 0 Å². The molecule has 2 aromatic rings. The second-order valence-electron chi connectivity index (χ2n) is 5.97. The van der Waals surface area contributed by atoms with E-state index in [2.05, 4.69) is 10.2 Å². The zero-order chi connectivity index (χ0) is 18.5. The second kappa shape index (κ2) is 8.62. The van der Waals surface area contributed by atoms with Crippen molar-refractivity contribution in [2.45, 2.75) is 13.0 Å². The van der Waals surface area contributed by atoms with Gasteiger partial charge in [0.1, 0.15) is 5.75 Å². The number of morpholine rings is 1. The molecular formula is C19H20Cl2N2O3. The van der Waals surface area contributed by atoms with Crippen LogP contribution in [0, 0.1) is 0 Å². The topological polar surface area (TPSA) is 50.8 Å². The van der Waals surface area contributed by atoms with Crippen LogP contribution in [0.2, 0.25) is 10.0 Å². The normalized spacial score (nSPS) is 15.4. The zero-order valence-electron chi connectivity index (χ0n) is 14.4. The zero-order valence-corrected chi connectivity index (χ0v) is 15.9. The number of halogens is 2. The highest BCUT2D eigenvalue weighted by Crippen LogP contribution is 2.30. The molecule has 1 aliphatic rings. The van der Waals surface area contributed by atoms with Gasteiger partial charge in [-0.2, -0.15) is 0 Å². The molecule has 0 aromatic heterocycles. The molecule has 1 amide bonds. The van der Waals surface area contributed by atoms with Crippen molar-refractivity contribution in [1.29, 1.82) is 0 Å². The highest BCUT2D eigenvalue weighted by molar-refractivity contribution is 6.31. The van der Waals surface area contributed by atoms with Crippen molar-refractivity contribution in [2.75, 3.05) is 36.5 Å². The molecule has 1 fully saturated rings. The molecule has 1 saturated heterocycles. The molecular weight excluding hydrogens is 375 g/mol. The van der Waals surface area contributed by atoms with E-state index >= 15 is 0 Å². The molecule has 3 rings (SSSR count). The summed E-state index contributed by atoms with van der Waals surface area (Å²) < 4.78 is 11.1. The standard InChI is InChI=1S/C19H20Cl2N2O3/c1-13(26-16-4-2-3-14(20)11-16)19(24)22-17-12-15(21)5-6-18(17)23-7-9-25-10-8-23/h2-6,11-13H,7-10H2,1H3,(H,22,24)/t13-/m1/s1. The average molecular weight is 395 g/mol. The molecule has 0 aliphatic carbocycles. The predicted molar refractivity (Wildman–Crippen MR) is 105 cm³/mol. The van der Waals surface area contributed by atoms with Crippen LogP contribution in [0.4, 0.5) is 11.4 Å². The molecule has 2 aromatic carbocycles. The Labute approximate surface area is 162 Å². The lowest BCUT2D eigenvalue weighted by molar-refractivity contribution is -0.122. The second-order valence-corrected chi connectivity index (χ2v) is 6.84. The van der Waals surface area contributed by atoms with Crippen LogP contribution < -0.4 is 15.0 Å². The first-order chi connectivity index (χ1) is 12.5. The van der Waals surface area contributed by atoms with E-state index in [0.717, 1.165) is 18.8 Å². The molecule has 0 saturated carbocycles. The number of benzene rings is 2. The summed E-state index contributed by atoms with van der Waals surface area (Å²) in [5.74, 6) is 0.279. The summed E-state index contributed by atoms with van der Waals surface area (Å²) in [6.45, 7) is 4.53. The maximum absolute atomic E-state index is 12.6. The van der Waals surface area contributed by atoms with Gasteiger partial charge in [-0.25, -0.2) is 0 Å². The van der Waals surface area contributed by atoms with E-state index in [1.54, 1.807) is 37.3 Å². The summed E-state index contributed by atoms with van der Waals surface area (Å²) in [4.78, 5) is 14.8. The van der Waals surface area contributed by atoms with Gasteiger partial charge in [0.15, 0.2) is 6.10 Å². The highest BCUT2D eigenvalue weighted by atomic mass is 35.5. The van der Waals surface area contributed by atoms with E-state index in [1.807, 2.05) is 12.1 Å². The Morgan fingerprint density at radius 1 is 1.15 bits per heavy atom. The lowest BCUT2D eigenvalue weighted by atomic mass is 10.2. The third-order valence-electron chi connectivity index (χ3n) is 4.05. The number of rotatable bonds is 5. The summed E-state index contributed by atoms with van der Waals surface area (Å²) >= 11 is 12.1. The first-order valence-electron chi connectivity index (χ1n) is 8.38. The molecule has 1 atom stereocenters. The number of nitrogens with zero attached hydrogens (tertiary/aromatic N) is 1. The van der Waals surface area contributed by atoms with E-state index in [9.17, 15) is 4.79 Å². The van der Waals surface area contributed by atoms with E-state index in [-0.39, 0.29) is 5.91 Å². The van der Waals surface area contributed by atoms with E-state index in [1.165, 1.54) is 0 Å². The minimum absolute atomic E-state index is 0.262. The van der Waals surface area contributed by atoms with Crippen LogP contribution in [0.3, 0.4) is 0 Å². The van der Waals surface area contributed by atoms with Gasteiger partial charge in [0.05, 0.1) is 24.6 Å². The lowest BCUT2D eigenvalue weighted by Crippen LogP contribution is -2.37. The van der Waals surface area contributed by atoms with Crippen molar-refractivity contribution in [3.05, 3.63) is 52.5 Å². The summed E-state index contributed by atoms with van der Waals surface area (Å²) in [7, 11) is 0. The van der Waals surface area contributed by atoms with Gasteiger partial charge in [0, 0.05) is 23.1 Å². The van der Waals surface area contributed by atoms with Gasteiger partial charge < -0.3 is 19.7 Å². The fraction of sp³-hybridized carbons (Fsp3) is 0.316. The molecule has 138 valence electrons. The Hall–Kier alpha value is -1.95. The highest BCUT2D eigenvalue weighted by Gasteiger charge is 2.20. The van der Waals surface area contributed by atoms with Crippen molar-refractivity contribution in [1.82, 2.24) is 0 Å². The molecule has 0 bridgehead atoms. The third kappa shape index (κ3) is 4.81. The van der Waals surface area contributed by atoms with Gasteiger partial charge in [0.2, 0.25) is 0 Å². The Morgan fingerprint density at radius 3 is 2.62 bits per heavy atom. The van der Waals surface area contributed by atoms with Gasteiger partial charge in [-0.3, -0.25) is 4.79 Å². The number of carbonyl (C=O) groups is 1. The number of anilines is 2. The summed E-state index contributed by atoms with van der Waals surface area (Å²) in [6.07, 6.45) is -0.690. The molecule has 0 spiro atoms. The van der Waals surface area contributed by atoms with E-state index in [0.29, 0.717) is 34.7 Å². The van der Waals surface area contributed by atoms with Gasteiger partial charge >= 0.3 is 0 Å². The quantitative estimate of drug-likeness (QED) is 0.823. The van der Waals surface area contributed by atoms with Crippen molar-refractivity contribution in [3.8, 4) is 5.75 Å². The van der Waals surface area contributed by atoms with Crippen molar-refractivity contribution in [2.24, 2.45) is 0 Å². The molecule has 0 unspecified atom stereocenters. The number of nitrogens with one attached hydrogen (secondary N) is 1. The summed E-state index contributed by atoms with van der Waals surface area (Å²) in [6, 6.07) is 12.4. The van der Waals surface area contributed by atoms with Crippen molar-refractivity contribution >= 4 is 40.5 Å². The number of ether oxygens (including phenoxy) is 2. The van der Waals surface area contributed by atoms with E-state index in [4.69, 9.17) is 32.7 Å². The minimum Gasteiger partial charge on any atom is -0.481 e. The summed E-state index contributed by atoms with van der Waals surface area (Å²) in [5, 5.41) is 4.03. The van der Waals surface area contributed by atoms with Crippen LogP contribution in [0.15, 0.2) is 42.5 Å². The molecule has 7 heteroatoms. The minimum atomic E-state index is -0.690. The van der Waals surface area contributed by atoms with E-state index < -0.39 is 6.10 Å². The molecule has 0 radical (unpaired) electrons. The number of carbonyl (C=O) groups excluding carboxylic acids is 1. The van der Waals surface area contributed by atoms with Crippen molar-refractivity contribution < 1.29 is 14.3 Å². The van der Waals surface area contributed by atoms with Gasteiger partial charge in [-0.05, 0) is 43.3 Å². The predicted octanol–water partition coefficient (Wildman–Crippen LogP) is 4.24. The monoisotopic (exact) mass is 394 g/mol. The maximum Gasteiger partial charge on any atom is 0.265 e. The smallest absolute Gasteiger partial charge is 0.265 e. The average Bonchev–Trinajstić information content (AvgIpc) is 2.62. The van der Waals surface area contributed by atoms with Gasteiger partial charge in [-0.1, -0.05) is 29.3 Å². The maximum atomic E-state index is 12.6. The van der Waals surface area contributed by atoms with Crippen molar-refractivity contribution in [3.63, 3.8) is 0 Å². The van der Waals surface area contributed by atoms with Crippen LogP contribution in [-0.4, -0.2) is 38.3 Å². The first kappa shape index (κ1) is 18.8. The SMILES string of the molecule is C[C@@H](Oc1cccc(Cl)c1)C(=O)Nc1cc(Cl)ccc1N1CCOCC1. The van der Waals surface area contributed by atoms with Crippen LogP contribution >= 0.6 is 23.2 Å². The van der Waals surface area contributed by atoms with Gasteiger partial charge in [-0.15, -0.1) is 0 Å². The van der Waals surface area contributed by atoms with Crippen LogP contribution in [-0.2, 0) is 9.53 Å². The fourth-order valence-corrected chi connectivity index (χ4v) is 3.07. The third-order valence-corrected chi connectivity index (χ3v) is 4.52. The van der Waals surface area contributed by atoms with Gasteiger partial charge in [0.25, 0.3) is 5.91 Å². The molecule has 5 nitrogen and oxygen atoms in total.